The third kappa shape index (κ3) is 5.00. The molecule has 1 fully saturated rings. The third-order valence-electron chi connectivity index (χ3n) is 8.87. The molecule has 2 aliphatic heterocycles. The number of anilines is 1. The summed E-state index contributed by atoms with van der Waals surface area (Å²) < 4.78 is 32.6. The van der Waals surface area contributed by atoms with E-state index in [0.717, 1.165) is 33.4 Å². The molecular weight excluding hydrogens is 595 g/mol. The number of nitrogens with one attached hydrogen (secondary N) is 1. The van der Waals surface area contributed by atoms with Crippen LogP contribution >= 0.6 is 0 Å². The number of nitrogens with zero attached hydrogens (tertiary/aromatic N) is 2. The number of rotatable bonds is 7. The molecule has 0 bridgehead atoms. The molecule has 8 heteroatoms. The highest BCUT2D eigenvalue weighted by Gasteiger charge is 2.67. The van der Waals surface area contributed by atoms with Crippen molar-refractivity contribution in [3.63, 3.8) is 0 Å². The number of para-hydroxylation sites is 1. The summed E-state index contributed by atoms with van der Waals surface area (Å²) in [6.45, 7) is 4.04. The molecule has 2 aliphatic rings. The van der Waals surface area contributed by atoms with E-state index in [4.69, 9.17) is 4.84 Å². The minimum atomic E-state index is -4.19. The topological polar surface area (TPSA) is 88.1 Å². The Morgan fingerprint density at radius 3 is 2.00 bits per heavy atom. The molecule has 5 aromatic carbocycles. The van der Waals surface area contributed by atoms with Gasteiger partial charge < -0.3 is 5.32 Å². The number of amides is 1. The van der Waals surface area contributed by atoms with E-state index in [1.807, 2.05) is 123 Å². The van der Waals surface area contributed by atoms with Crippen molar-refractivity contribution in [2.24, 2.45) is 4.40 Å². The van der Waals surface area contributed by atoms with Crippen LogP contribution in [0.25, 0.3) is 0 Å². The van der Waals surface area contributed by atoms with Gasteiger partial charge in [0, 0.05) is 5.69 Å². The van der Waals surface area contributed by atoms with Crippen LogP contribution in [0.5, 0.6) is 0 Å². The van der Waals surface area contributed by atoms with Crippen molar-refractivity contribution in [2.75, 3.05) is 5.32 Å². The highest BCUT2D eigenvalue weighted by Crippen LogP contribution is 2.61. The molecule has 0 aromatic heterocycles. The van der Waals surface area contributed by atoms with Crippen LogP contribution in [-0.2, 0) is 31.7 Å². The Kier molecular flexibility index (Phi) is 7.55. The van der Waals surface area contributed by atoms with Crippen LogP contribution in [-0.4, -0.2) is 25.2 Å². The second kappa shape index (κ2) is 11.7. The largest absolute Gasteiger partial charge is 0.342 e. The fraction of sp³-hybridized carbons (Fsp3) is 0.158. The smallest absolute Gasteiger partial charge is 0.283 e. The third-order valence-corrected chi connectivity index (χ3v) is 10.2. The quantitative estimate of drug-likeness (QED) is 0.205. The van der Waals surface area contributed by atoms with Crippen LogP contribution in [0.2, 0.25) is 0 Å². The van der Waals surface area contributed by atoms with Gasteiger partial charge in [-0.25, -0.2) is 5.06 Å². The van der Waals surface area contributed by atoms with E-state index >= 15 is 0 Å². The SMILES string of the molecule is Cc1ccc(C2C(=O)N(OCc3ccccc3)C(c3ccccc3)C23/C(=N/S(=O)(=O)c2ccc(C)cc2)Nc2ccccc23)cc1. The van der Waals surface area contributed by atoms with E-state index in [9.17, 15) is 13.2 Å². The van der Waals surface area contributed by atoms with E-state index in [2.05, 4.69) is 9.71 Å². The first-order chi connectivity index (χ1) is 22.3. The average Bonchev–Trinajstić information content (AvgIpc) is 3.52. The second-order valence-corrected chi connectivity index (χ2v) is 13.5. The fourth-order valence-electron chi connectivity index (χ4n) is 6.71. The number of hydrogen-bond donors (Lipinski definition) is 1. The molecule has 3 atom stereocenters. The Bertz CT molecular complexity index is 2030. The van der Waals surface area contributed by atoms with Crippen LogP contribution < -0.4 is 5.32 Å². The molecule has 7 nitrogen and oxygen atoms in total. The van der Waals surface area contributed by atoms with E-state index in [-0.39, 0.29) is 23.2 Å². The first kappa shape index (κ1) is 29.6. The normalized spacial score (nSPS) is 21.5. The number of hydroxylamine groups is 2. The lowest BCUT2D eigenvalue weighted by Gasteiger charge is -2.37. The van der Waals surface area contributed by atoms with Gasteiger partial charge in [-0.2, -0.15) is 8.42 Å². The first-order valence-electron chi connectivity index (χ1n) is 15.2. The predicted molar refractivity (Wildman–Crippen MR) is 179 cm³/mol. The zero-order chi connectivity index (χ0) is 31.9. The molecule has 1 amide bonds. The maximum atomic E-state index is 15.0. The summed E-state index contributed by atoms with van der Waals surface area (Å²) >= 11 is 0. The summed E-state index contributed by atoms with van der Waals surface area (Å²) in [7, 11) is -4.19. The van der Waals surface area contributed by atoms with Crippen molar-refractivity contribution in [3.05, 3.63) is 167 Å². The number of benzene rings is 5. The van der Waals surface area contributed by atoms with E-state index in [1.54, 1.807) is 24.3 Å². The number of aryl methyl sites for hydroxylation is 2. The van der Waals surface area contributed by atoms with Crippen LogP contribution in [0.15, 0.2) is 143 Å². The summed E-state index contributed by atoms with van der Waals surface area (Å²) in [6, 6.07) is 40.6. The zero-order valence-corrected chi connectivity index (χ0v) is 26.3. The highest BCUT2D eigenvalue weighted by atomic mass is 32.2. The van der Waals surface area contributed by atoms with Gasteiger partial charge in [0.25, 0.3) is 15.9 Å². The van der Waals surface area contributed by atoms with Gasteiger partial charge >= 0.3 is 0 Å². The number of fused-ring (bicyclic) bond motifs is 2. The monoisotopic (exact) mass is 627 g/mol. The summed E-state index contributed by atoms with van der Waals surface area (Å²) in [5, 5.41) is 4.82. The summed E-state index contributed by atoms with van der Waals surface area (Å²) in [5.41, 5.74) is 4.57. The molecule has 230 valence electrons. The van der Waals surface area contributed by atoms with E-state index in [1.165, 1.54) is 5.06 Å². The molecule has 2 heterocycles. The molecule has 46 heavy (non-hydrogen) atoms. The molecule has 1 spiro atoms. The van der Waals surface area contributed by atoms with Crippen molar-refractivity contribution < 1.29 is 18.0 Å². The van der Waals surface area contributed by atoms with Crippen molar-refractivity contribution >= 4 is 27.5 Å². The van der Waals surface area contributed by atoms with E-state index in [0.29, 0.717) is 5.69 Å². The van der Waals surface area contributed by atoms with E-state index < -0.39 is 27.4 Å². The molecular formula is C38H33N3O4S. The maximum Gasteiger partial charge on any atom is 0.283 e. The predicted octanol–water partition coefficient (Wildman–Crippen LogP) is 7.25. The number of sulfonamides is 1. The number of amidine groups is 1. The van der Waals surface area contributed by atoms with Crippen molar-refractivity contribution in [2.45, 2.75) is 42.7 Å². The lowest BCUT2D eigenvalue weighted by molar-refractivity contribution is -0.198. The van der Waals surface area contributed by atoms with Gasteiger partial charge in [0.15, 0.2) is 0 Å². The number of hydrogen-bond acceptors (Lipinski definition) is 4. The molecule has 7 rings (SSSR count). The summed E-state index contributed by atoms with van der Waals surface area (Å²) in [5.74, 6) is -0.974. The Balaban J connectivity index is 1.51. The lowest BCUT2D eigenvalue weighted by atomic mass is 9.64. The molecule has 5 aromatic rings. The minimum absolute atomic E-state index is 0.0724. The van der Waals surface area contributed by atoms with Crippen LogP contribution in [0, 0.1) is 13.8 Å². The van der Waals surface area contributed by atoms with Gasteiger partial charge in [0.1, 0.15) is 18.5 Å². The van der Waals surface area contributed by atoms with Crippen molar-refractivity contribution in [3.8, 4) is 0 Å². The fourth-order valence-corrected chi connectivity index (χ4v) is 7.73. The van der Waals surface area contributed by atoms with Crippen molar-refractivity contribution in [1.29, 1.82) is 0 Å². The Hall–Kier alpha value is -5.05. The lowest BCUT2D eigenvalue weighted by Crippen LogP contribution is -2.44. The van der Waals surface area contributed by atoms with Gasteiger partial charge in [0.05, 0.1) is 16.2 Å². The molecule has 0 saturated carbocycles. The van der Waals surface area contributed by atoms with Gasteiger partial charge in [-0.3, -0.25) is 9.63 Å². The summed E-state index contributed by atoms with van der Waals surface area (Å²) in [6.07, 6.45) is 0. The molecule has 0 radical (unpaired) electrons. The van der Waals surface area contributed by atoms with Crippen LogP contribution in [0.3, 0.4) is 0 Å². The zero-order valence-electron chi connectivity index (χ0n) is 25.5. The van der Waals surface area contributed by atoms with Gasteiger partial charge in [0.2, 0.25) is 0 Å². The molecule has 0 aliphatic carbocycles. The Morgan fingerprint density at radius 1 is 0.739 bits per heavy atom. The Labute approximate surface area is 269 Å². The average molecular weight is 628 g/mol. The Morgan fingerprint density at radius 2 is 1.33 bits per heavy atom. The van der Waals surface area contributed by atoms with Gasteiger partial charge in [-0.1, -0.05) is 126 Å². The molecule has 3 unspecified atom stereocenters. The van der Waals surface area contributed by atoms with Crippen LogP contribution in [0.1, 0.15) is 45.3 Å². The molecule has 1 saturated heterocycles. The second-order valence-electron chi connectivity index (χ2n) is 11.8. The summed E-state index contributed by atoms with van der Waals surface area (Å²) in [4.78, 5) is 21.5. The maximum absolute atomic E-state index is 15.0. The number of carbonyl (C=O) groups is 1. The standard InChI is InChI=1S/C38H33N3O4S/c1-26-17-21-29(22-18-26)34-36(42)41(45-25-28-11-5-3-6-12-28)35(30-13-7-4-8-14-30)38(34)32-15-9-10-16-33(32)39-37(38)40-46(43,44)31-23-19-27(2)20-24-31/h3-24,34-35H,25H2,1-2H3,(H,39,40). The minimum Gasteiger partial charge on any atom is -0.342 e. The van der Waals surface area contributed by atoms with Gasteiger partial charge in [-0.05, 0) is 54.3 Å². The number of carbonyl (C=O) groups excluding carboxylic acids is 1. The van der Waals surface area contributed by atoms with Crippen molar-refractivity contribution in [1.82, 2.24) is 5.06 Å². The first-order valence-corrected chi connectivity index (χ1v) is 16.6. The molecule has 1 N–H and O–H groups in total. The highest BCUT2D eigenvalue weighted by molar-refractivity contribution is 7.90. The van der Waals surface area contributed by atoms with Crippen LogP contribution in [0.4, 0.5) is 5.69 Å². The van der Waals surface area contributed by atoms with Gasteiger partial charge in [-0.15, -0.1) is 4.40 Å².